The van der Waals surface area contributed by atoms with Crippen LogP contribution in [-0.4, -0.2) is 40.6 Å². The van der Waals surface area contributed by atoms with Crippen LogP contribution in [0.5, 0.6) is 5.75 Å². The van der Waals surface area contributed by atoms with Crippen LogP contribution < -0.4 is 10.1 Å². The molecule has 1 fully saturated rings. The highest BCUT2D eigenvalue weighted by atomic mass is 16.5. The van der Waals surface area contributed by atoms with E-state index in [0.29, 0.717) is 12.4 Å². The fourth-order valence-electron chi connectivity index (χ4n) is 3.18. The van der Waals surface area contributed by atoms with Crippen LogP contribution in [-0.2, 0) is 17.8 Å². The molecule has 1 aliphatic rings. The molecule has 1 atom stereocenters. The summed E-state index contributed by atoms with van der Waals surface area (Å²) in [4.78, 5) is 19.2. The van der Waals surface area contributed by atoms with Crippen molar-refractivity contribution in [3.05, 3.63) is 36.0 Å². The van der Waals surface area contributed by atoms with E-state index in [-0.39, 0.29) is 11.9 Å². The predicted molar refractivity (Wildman–Crippen MR) is 98.0 cm³/mol. The van der Waals surface area contributed by atoms with E-state index in [0.717, 1.165) is 55.9 Å². The Hall–Kier alpha value is -2.41. The Balaban J connectivity index is 1.58. The Labute approximate surface area is 153 Å². The SMILES string of the molecule is CCCCc1noc(CN2CCCC2C(=O)Nc2ccc(OC)cc2)n1. The Morgan fingerprint density at radius 1 is 1.38 bits per heavy atom. The molecule has 7 heteroatoms. The normalized spacial score (nSPS) is 17.4. The molecule has 0 aliphatic carbocycles. The van der Waals surface area contributed by atoms with Crippen molar-refractivity contribution in [3.8, 4) is 5.75 Å². The molecule has 1 saturated heterocycles. The summed E-state index contributed by atoms with van der Waals surface area (Å²) in [6, 6.07) is 7.17. The monoisotopic (exact) mass is 358 g/mol. The number of nitrogens with zero attached hydrogens (tertiary/aromatic N) is 3. The summed E-state index contributed by atoms with van der Waals surface area (Å²) < 4.78 is 10.5. The number of rotatable bonds is 8. The van der Waals surface area contributed by atoms with Gasteiger partial charge in [-0.3, -0.25) is 9.69 Å². The Bertz CT molecular complexity index is 714. The van der Waals surface area contributed by atoms with E-state index in [4.69, 9.17) is 9.26 Å². The Morgan fingerprint density at radius 2 is 2.19 bits per heavy atom. The molecule has 0 spiro atoms. The number of aromatic nitrogens is 2. The summed E-state index contributed by atoms with van der Waals surface area (Å²) in [6.45, 7) is 3.50. The number of anilines is 1. The van der Waals surface area contributed by atoms with Gasteiger partial charge in [0.2, 0.25) is 11.8 Å². The third-order valence-electron chi connectivity index (χ3n) is 4.63. The van der Waals surface area contributed by atoms with Crippen LogP contribution in [0.2, 0.25) is 0 Å². The topological polar surface area (TPSA) is 80.5 Å². The minimum atomic E-state index is -0.178. The maximum Gasteiger partial charge on any atom is 0.241 e. The van der Waals surface area contributed by atoms with Crippen molar-refractivity contribution in [1.29, 1.82) is 0 Å². The van der Waals surface area contributed by atoms with E-state index >= 15 is 0 Å². The zero-order valence-corrected chi connectivity index (χ0v) is 15.4. The number of hydrogen-bond donors (Lipinski definition) is 1. The molecule has 2 heterocycles. The highest BCUT2D eigenvalue weighted by molar-refractivity contribution is 5.95. The lowest BCUT2D eigenvalue weighted by Crippen LogP contribution is -2.39. The van der Waals surface area contributed by atoms with Gasteiger partial charge in [-0.05, 0) is 50.1 Å². The third kappa shape index (κ3) is 4.60. The fourth-order valence-corrected chi connectivity index (χ4v) is 3.18. The van der Waals surface area contributed by atoms with Crippen molar-refractivity contribution < 1.29 is 14.1 Å². The van der Waals surface area contributed by atoms with Crippen LogP contribution in [0.15, 0.2) is 28.8 Å². The van der Waals surface area contributed by atoms with Gasteiger partial charge in [-0.25, -0.2) is 0 Å². The smallest absolute Gasteiger partial charge is 0.241 e. The van der Waals surface area contributed by atoms with E-state index in [2.05, 4.69) is 27.3 Å². The number of unbranched alkanes of at least 4 members (excludes halogenated alkanes) is 1. The van der Waals surface area contributed by atoms with Crippen molar-refractivity contribution in [3.63, 3.8) is 0 Å². The Morgan fingerprint density at radius 3 is 2.92 bits per heavy atom. The first-order valence-corrected chi connectivity index (χ1v) is 9.20. The van der Waals surface area contributed by atoms with Crippen molar-refractivity contribution in [2.24, 2.45) is 0 Å². The second-order valence-corrected chi connectivity index (χ2v) is 6.55. The molecular formula is C19H26N4O3. The van der Waals surface area contributed by atoms with Gasteiger partial charge >= 0.3 is 0 Å². The number of ether oxygens (including phenoxy) is 1. The summed E-state index contributed by atoms with van der Waals surface area (Å²) in [5, 5.41) is 7.01. The van der Waals surface area contributed by atoms with Gasteiger partial charge in [-0.1, -0.05) is 18.5 Å². The van der Waals surface area contributed by atoms with Gasteiger partial charge in [-0.15, -0.1) is 0 Å². The van der Waals surface area contributed by atoms with Gasteiger partial charge in [0.15, 0.2) is 5.82 Å². The zero-order chi connectivity index (χ0) is 18.4. The van der Waals surface area contributed by atoms with Gasteiger partial charge in [-0.2, -0.15) is 4.98 Å². The molecule has 1 aromatic heterocycles. The molecule has 0 saturated carbocycles. The summed E-state index contributed by atoms with van der Waals surface area (Å²) in [6.07, 6.45) is 4.80. The number of amides is 1. The number of likely N-dealkylation sites (tertiary alicyclic amines) is 1. The predicted octanol–water partition coefficient (Wildman–Crippen LogP) is 3.02. The van der Waals surface area contributed by atoms with Crippen LogP contribution in [0.3, 0.4) is 0 Å². The van der Waals surface area contributed by atoms with E-state index in [9.17, 15) is 4.79 Å². The van der Waals surface area contributed by atoms with Gasteiger partial charge in [0.25, 0.3) is 0 Å². The number of benzene rings is 1. The van der Waals surface area contributed by atoms with Crippen molar-refractivity contribution >= 4 is 11.6 Å². The lowest BCUT2D eigenvalue weighted by atomic mass is 10.2. The molecule has 2 aromatic rings. The van der Waals surface area contributed by atoms with Gasteiger partial charge in [0.1, 0.15) is 5.75 Å². The highest BCUT2D eigenvalue weighted by Gasteiger charge is 2.31. The largest absolute Gasteiger partial charge is 0.497 e. The summed E-state index contributed by atoms with van der Waals surface area (Å²) in [7, 11) is 1.62. The maximum absolute atomic E-state index is 12.7. The number of aryl methyl sites for hydroxylation is 1. The van der Waals surface area contributed by atoms with Crippen LogP contribution >= 0.6 is 0 Å². The number of hydrogen-bond acceptors (Lipinski definition) is 6. The van der Waals surface area contributed by atoms with Crippen molar-refractivity contribution in [2.75, 3.05) is 19.0 Å². The van der Waals surface area contributed by atoms with E-state index in [1.54, 1.807) is 7.11 Å². The fraction of sp³-hybridized carbons (Fsp3) is 0.526. The zero-order valence-electron chi connectivity index (χ0n) is 15.4. The lowest BCUT2D eigenvalue weighted by molar-refractivity contribution is -0.120. The summed E-state index contributed by atoms with van der Waals surface area (Å²) >= 11 is 0. The lowest BCUT2D eigenvalue weighted by Gasteiger charge is -2.22. The number of methoxy groups -OCH3 is 1. The minimum Gasteiger partial charge on any atom is -0.497 e. The maximum atomic E-state index is 12.7. The van der Waals surface area contributed by atoms with Gasteiger partial charge < -0.3 is 14.6 Å². The quantitative estimate of drug-likeness (QED) is 0.781. The first-order chi connectivity index (χ1) is 12.7. The second kappa shape index (κ2) is 8.80. The molecule has 7 nitrogen and oxygen atoms in total. The first kappa shape index (κ1) is 18.4. The van der Waals surface area contributed by atoms with E-state index in [1.165, 1.54) is 0 Å². The molecule has 26 heavy (non-hydrogen) atoms. The van der Waals surface area contributed by atoms with Crippen molar-refractivity contribution in [1.82, 2.24) is 15.0 Å². The van der Waals surface area contributed by atoms with Crippen molar-refractivity contribution in [2.45, 2.75) is 51.6 Å². The molecule has 1 N–H and O–H groups in total. The molecule has 0 radical (unpaired) electrons. The van der Waals surface area contributed by atoms with E-state index in [1.807, 2.05) is 24.3 Å². The molecule has 1 aromatic carbocycles. The third-order valence-corrected chi connectivity index (χ3v) is 4.63. The number of carbonyl (C=O) groups is 1. The molecule has 0 bridgehead atoms. The second-order valence-electron chi connectivity index (χ2n) is 6.55. The molecular weight excluding hydrogens is 332 g/mol. The molecule has 1 aliphatic heterocycles. The van der Waals surface area contributed by atoms with Crippen LogP contribution in [0.25, 0.3) is 0 Å². The van der Waals surface area contributed by atoms with Crippen LogP contribution in [0.4, 0.5) is 5.69 Å². The molecule has 3 rings (SSSR count). The standard InChI is InChI=1S/C19H26N4O3/c1-3-4-7-17-21-18(26-22-17)13-23-12-5-6-16(23)19(24)20-14-8-10-15(25-2)11-9-14/h8-11,16H,3-7,12-13H2,1-2H3,(H,20,24). The van der Waals surface area contributed by atoms with Crippen LogP contribution in [0, 0.1) is 0 Å². The highest BCUT2D eigenvalue weighted by Crippen LogP contribution is 2.22. The summed E-state index contributed by atoms with van der Waals surface area (Å²) in [5.41, 5.74) is 0.766. The van der Waals surface area contributed by atoms with Gasteiger partial charge in [0, 0.05) is 12.1 Å². The van der Waals surface area contributed by atoms with Crippen LogP contribution in [0.1, 0.15) is 44.3 Å². The summed E-state index contributed by atoms with van der Waals surface area (Å²) in [5.74, 6) is 2.10. The van der Waals surface area contributed by atoms with E-state index < -0.39 is 0 Å². The first-order valence-electron chi connectivity index (χ1n) is 9.20. The number of carbonyl (C=O) groups excluding carboxylic acids is 1. The average Bonchev–Trinajstić information content (AvgIpc) is 3.30. The molecule has 140 valence electrons. The van der Waals surface area contributed by atoms with Gasteiger partial charge in [0.05, 0.1) is 19.7 Å². The number of nitrogens with one attached hydrogen (secondary N) is 1. The molecule has 1 amide bonds. The minimum absolute atomic E-state index is 0.00149. The average molecular weight is 358 g/mol. The molecule has 1 unspecified atom stereocenters. The Kier molecular flexibility index (Phi) is 6.22.